The summed E-state index contributed by atoms with van der Waals surface area (Å²) in [5, 5.41) is 0.955. The lowest BCUT2D eigenvalue weighted by molar-refractivity contribution is -0.124. The average molecular weight is 336 g/mol. The fourth-order valence-electron chi connectivity index (χ4n) is 2.59. The first-order valence-electron chi connectivity index (χ1n) is 7.07. The van der Waals surface area contributed by atoms with Gasteiger partial charge in [-0.1, -0.05) is 41.4 Å². The highest BCUT2D eigenvalue weighted by molar-refractivity contribution is 6.34. The zero-order valence-electron chi connectivity index (χ0n) is 12.1. The van der Waals surface area contributed by atoms with Crippen LogP contribution in [0.4, 0.5) is 5.69 Å². The number of hydrogen-bond donors (Lipinski definition) is 0. The van der Waals surface area contributed by atoms with Crippen molar-refractivity contribution in [3.8, 4) is 5.75 Å². The number of nitrogens with zero attached hydrogens (tertiary/aromatic N) is 1. The molecule has 0 bridgehead atoms. The third kappa shape index (κ3) is 2.92. The van der Waals surface area contributed by atoms with Crippen LogP contribution in [0.25, 0.3) is 0 Å². The lowest BCUT2D eigenvalue weighted by atomic mass is 10.2. The van der Waals surface area contributed by atoms with Crippen LogP contribution in [0.1, 0.15) is 12.5 Å². The second-order valence-corrected chi connectivity index (χ2v) is 6.05. The summed E-state index contributed by atoms with van der Waals surface area (Å²) in [4.78, 5) is 14.4. The summed E-state index contributed by atoms with van der Waals surface area (Å²) in [6.45, 7) is 2.40. The number of halogens is 2. The molecule has 1 aliphatic rings. The summed E-state index contributed by atoms with van der Waals surface area (Å²) < 4.78 is 5.71. The lowest BCUT2D eigenvalue weighted by Crippen LogP contribution is -2.39. The van der Waals surface area contributed by atoms with Gasteiger partial charge in [0.15, 0.2) is 6.10 Å². The summed E-state index contributed by atoms with van der Waals surface area (Å²) >= 11 is 12.0. The van der Waals surface area contributed by atoms with Gasteiger partial charge in [0.2, 0.25) is 0 Å². The Balaban J connectivity index is 1.77. The molecule has 2 aromatic carbocycles. The molecule has 0 saturated heterocycles. The van der Waals surface area contributed by atoms with E-state index in [1.807, 2.05) is 24.3 Å². The Hall–Kier alpha value is -1.71. The van der Waals surface area contributed by atoms with Gasteiger partial charge in [-0.05, 0) is 37.1 Å². The van der Waals surface area contributed by atoms with Crippen molar-refractivity contribution in [1.82, 2.24) is 0 Å². The number of anilines is 1. The smallest absolute Gasteiger partial charge is 0.267 e. The van der Waals surface area contributed by atoms with Crippen LogP contribution in [-0.2, 0) is 11.2 Å². The molecule has 0 saturated carbocycles. The highest BCUT2D eigenvalue weighted by atomic mass is 35.5. The first-order chi connectivity index (χ1) is 10.6. The lowest BCUT2D eigenvalue weighted by Gasteiger charge is -2.22. The zero-order chi connectivity index (χ0) is 15.7. The minimum atomic E-state index is -0.637. The van der Waals surface area contributed by atoms with Crippen LogP contribution in [0.2, 0.25) is 10.0 Å². The first-order valence-corrected chi connectivity index (χ1v) is 7.83. The van der Waals surface area contributed by atoms with E-state index < -0.39 is 6.10 Å². The van der Waals surface area contributed by atoms with E-state index in [1.165, 1.54) is 5.56 Å². The molecule has 22 heavy (non-hydrogen) atoms. The fraction of sp³-hybridized carbons (Fsp3) is 0.235. The van der Waals surface area contributed by atoms with Gasteiger partial charge in [-0.3, -0.25) is 4.79 Å². The second-order valence-electron chi connectivity index (χ2n) is 5.20. The van der Waals surface area contributed by atoms with Crippen molar-refractivity contribution in [3.63, 3.8) is 0 Å². The SMILES string of the molecule is CC(Oc1cc(Cl)ccc1Cl)C(=O)N1CCc2ccccc21. The molecule has 0 radical (unpaired) electrons. The molecule has 3 nitrogen and oxygen atoms in total. The van der Waals surface area contributed by atoms with Gasteiger partial charge in [0.1, 0.15) is 5.75 Å². The molecule has 1 atom stereocenters. The van der Waals surface area contributed by atoms with Gasteiger partial charge >= 0.3 is 0 Å². The number of benzene rings is 2. The number of hydrogen-bond acceptors (Lipinski definition) is 2. The van der Waals surface area contributed by atoms with Crippen LogP contribution < -0.4 is 9.64 Å². The molecule has 0 N–H and O–H groups in total. The Morgan fingerprint density at radius 3 is 2.82 bits per heavy atom. The molecular weight excluding hydrogens is 321 g/mol. The van der Waals surface area contributed by atoms with Gasteiger partial charge in [-0.2, -0.15) is 0 Å². The van der Waals surface area contributed by atoms with Crippen molar-refractivity contribution in [2.24, 2.45) is 0 Å². The number of carbonyl (C=O) groups is 1. The van der Waals surface area contributed by atoms with Crippen molar-refractivity contribution in [2.45, 2.75) is 19.4 Å². The molecule has 1 aliphatic heterocycles. The van der Waals surface area contributed by atoms with Crippen LogP contribution in [0.5, 0.6) is 5.75 Å². The van der Waals surface area contributed by atoms with E-state index in [0.29, 0.717) is 22.3 Å². The van der Waals surface area contributed by atoms with Gasteiger partial charge in [-0.25, -0.2) is 0 Å². The minimum Gasteiger partial charge on any atom is -0.479 e. The van der Waals surface area contributed by atoms with Gasteiger partial charge < -0.3 is 9.64 Å². The van der Waals surface area contributed by atoms with Gasteiger partial charge in [0.05, 0.1) is 5.02 Å². The Labute approximate surface area is 139 Å². The van der Waals surface area contributed by atoms with Crippen LogP contribution in [-0.4, -0.2) is 18.6 Å². The van der Waals surface area contributed by atoms with E-state index >= 15 is 0 Å². The molecular formula is C17H15Cl2NO2. The van der Waals surface area contributed by atoms with Crippen LogP contribution >= 0.6 is 23.2 Å². The van der Waals surface area contributed by atoms with E-state index in [0.717, 1.165) is 12.1 Å². The maximum absolute atomic E-state index is 12.6. The first kappa shape index (κ1) is 15.2. The molecule has 0 aromatic heterocycles. The maximum atomic E-state index is 12.6. The maximum Gasteiger partial charge on any atom is 0.267 e. The average Bonchev–Trinajstić information content (AvgIpc) is 2.94. The zero-order valence-corrected chi connectivity index (χ0v) is 13.6. The number of fused-ring (bicyclic) bond motifs is 1. The fourth-order valence-corrected chi connectivity index (χ4v) is 2.92. The summed E-state index contributed by atoms with van der Waals surface area (Å²) in [6, 6.07) is 12.9. The normalized spacial score (nSPS) is 14.6. The molecule has 1 unspecified atom stereocenters. The van der Waals surface area contributed by atoms with Gasteiger partial charge in [0.25, 0.3) is 5.91 Å². The molecule has 5 heteroatoms. The number of carbonyl (C=O) groups excluding carboxylic acids is 1. The molecule has 0 spiro atoms. The number of ether oxygens (including phenoxy) is 1. The van der Waals surface area contributed by atoms with Crippen molar-refractivity contribution < 1.29 is 9.53 Å². The Morgan fingerprint density at radius 2 is 2.00 bits per heavy atom. The van der Waals surface area contributed by atoms with Crippen LogP contribution in [0.3, 0.4) is 0 Å². The van der Waals surface area contributed by atoms with Crippen LogP contribution in [0.15, 0.2) is 42.5 Å². The topological polar surface area (TPSA) is 29.5 Å². The Bertz CT molecular complexity index is 718. The number of para-hydroxylation sites is 1. The molecule has 3 rings (SSSR count). The molecule has 2 aromatic rings. The number of amides is 1. The largest absolute Gasteiger partial charge is 0.479 e. The third-order valence-electron chi connectivity index (χ3n) is 3.70. The predicted molar refractivity (Wildman–Crippen MR) is 89.1 cm³/mol. The van der Waals surface area contributed by atoms with E-state index in [2.05, 4.69) is 0 Å². The summed E-state index contributed by atoms with van der Waals surface area (Å²) in [5.41, 5.74) is 2.14. The molecule has 0 fully saturated rings. The predicted octanol–water partition coefficient (Wildman–Crippen LogP) is 4.35. The second kappa shape index (κ2) is 6.19. The van der Waals surface area contributed by atoms with Crippen LogP contribution in [0, 0.1) is 0 Å². The van der Waals surface area contributed by atoms with Crippen molar-refractivity contribution in [1.29, 1.82) is 0 Å². The van der Waals surface area contributed by atoms with E-state index in [-0.39, 0.29) is 5.91 Å². The summed E-state index contributed by atoms with van der Waals surface area (Å²) in [6.07, 6.45) is 0.231. The molecule has 1 amide bonds. The quantitative estimate of drug-likeness (QED) is 0.834. The highest BCUT2D eigenvalue weighted by Crippen LogP contribution is 2.31. The molecule has 114 valence electrons. The summed E-state index contributed by atoms with van der Waals surface area (Å²) in [7, 11) is 0. The van der Waals surface area contributed by atoms with E-state index in [1.54, 1.807) is 30.0 Å². The van der Waals surface area contributed by atoms with Crippen molar-refractivity contribution in [2.75, 3.05) is 11.4 Å². The minimum absolute atomic E-state index is 0.0824. The third-order valence-corrected chi connectivity index (χ3v) is 4.25. The molecule has 1 heterocycles. The standard InChI is InChI=1S/C17H15Cl2NO2/c1-11(22-16-10-13(18)6-7-14(16)19)17(21)20-9-8-12-4-2-3-5-15(12)20/h2-7,10-11H,8-9H2,1H3. The monoisotopic (exact) mass is 335 g/mol. The Morgan fingerprint density at radius 1 is 1.23 bits per heavy atom. The van der Waals surface area contributed by atoms with Crippen molar-refractivity contribution in [3.05, 3.63) is 58.1 Å². The highest BCUT2D eigenvalue weighted by Gasteiger charge is 2.29. The van der Waals surface area contributed by atoms with Crippen molar-refractivity contribution >= 4 is 34.8 Å². The number of rotatable bonds is 3. The van der Waals surface area contributed by atoms with E-state index in [4.69, 9.17) is 27.9 Å². The molecule has 0 aliphatic carbocycles. The van der Waals surface area contributed by atoms with Gasteiger partial charge in [0, 0.05) is 23.3 Å². The van der Waals surface area contributed by atoms with E-state index in [9.17, 15) is 4.79 Å². The summed E-state index contributed by atoms with van der Waals surface area (Å²) in [5.74, 6) is 0.337. The van der Waals surface area contributed by atoms with Gasteiger partial charge in [-0.15, -0.1) is 0 Å². The Kier molecular flexibility index (Phi) is 4.27.